The van der Waals surface area contributed by atoms with Gasteiger partial charge in [-0.3, -0.25) is 9.59 Å². The van der Waals surface area contributed by atoms with E-state index in [9.17, 15) is 32.4 Å². The van der Waals surface area contributed by atoms with Crippen molar-refractivity contribution in [2.45, 2.75) is 78.9 Å². The topological polar surface area (TPSA) is 108 Å². The third-order valence-electron chi connectivity index (χ3n) is 6.69. The first kappa shape index (κ1) is 38.9. The minimum absolute atomic E-state index is 0. The summed E-state index contributed by atoms with van der Waals surface area (Å²) in [6.45, 7) is 8.19. The van der Waals surface area contributed by atoms with Gasteiger partial charge >= 0.3 is 6.18 Å². The number of hydrogen-bond acceptors (Lipinski definition) is 4. The fourth-order valence-corrected chi connectivity index (χ4v) is 7.89. The summed E-state index contributed by atoms with van der Waals surface area (Å²) in [7, 11) is -1.77. The maximum atomic E-state index is 12.8. The third-order valence-corrected chi connectivity index (χ3v) is 10.1. The second-order valence-electron chi connectivity index (χ2n) is 9.57. The second kappa shape index (κ2) is 17.8. The van der Waals surface area contributed by atoms with Crippen LogP contribution in [0.1, 0.15) is 76.6 Å². The maximum Gasteiger partial charge on any atom is 0.455 e. The van der Waals surface area contributed by atoms with Gasteiger partial charge in [-0.25, -0.2) is 0 Å². The van der Waals surface area contributed by atoms with Gasteiger partial charge < -0.3 is 19.7 Å². The zero-order chi connectivity index (χ0) is 28.5. The zero-order valence-corrected chi connectivity index (χ0v) is 26.9. The molecule has 0 saturated carbocycles. The molecule has 0 amide bonds. The molecule has 3 N–H and O–H groups in total. The predicted octanol–water partition coefficient (Wildman–Crippen LogP) is 7.55. The van der Waals surface area contributed by atoms with Gasteiger partial charge in [0.25, 0.3) is 11.3 Å². The van der Waals surface area contributed by atoms with Gasteiger partial charge in [-0.15, -0.1) is 0 Å². The summed E-state index contributed by atoms with van der Waals surface area (Å²) in [4.78, 5) is 24.0. The molecule has 0 aliphatic rings. The molecule has 40 heavy (non-hydrogen) atoms. The number of unbranched alkanes of at least 4 members (excludes halogenated alkanes) is 3. The molecule has 0 aliphatic carbocycles. The van der Waals surface area contributed by atoms with Crippen molar-refractivity contribution >= 4 is 34.6 Å². The van der Waals surface area contributed by atoms with Crippen molar-refractivity contribution < 1.29 is 82.5 Å². The third kappa shape index (κ3) is 9.76. The Kier molecular flexibility index (Phi) is 17.3. The number of alkyl halides is 3. The van der Waals surface area contributed by atoms with Crippen LogP contribution in [0.5, 0.6) is 5.75 Å². The number of hydrogen-bond donors (Lipinski definition) is 1. The predicted molar refractivity (Wildman–Crippen MR) is 154 cm³/mol. The Labute approximate surface area is 274 Å². The first-order valence-electron chi connectivity index (χ1n) is 13.4. The van der Waals surface area contributed by atoms with E-state index in [4.69, 9.17) is 0 Å². The van der Waals surface area contributed by atoms with Gasteiger partial charge in [0, 0.05) is 79.8 Å². The van der Waals surface area contributed by atoms with Gasteiger partial charge in [-0.2, -0.15) is 13.2 Å². The van der Waals surface area contributed by atoms with E-state index in [2.05, 4.69) is 20.8 Å². The van der Waals surface area contributed by atoms with Crippen LogP contribution < -0.4 is 5.56 Å². The summed E-state index contributed by atoms with van der Waals surface area (Å²) in [6, 6.07) is 9.99. The van der Waals surface area contributed by atoms with E-state index in [1.165, 1.54) is 19.3 Å². The van der Waals surface area contributed by atoms with Crippen molar-refractivity contribution in [3.63, 3.8) is 0 Å². The average molecular weight is 724 g/mol. The van der Waals surface area contributed by atoms with E-state index >= 15 is 0 Å². The molecule has 3 rings (SSSR count). The molecule has 0 aliphatic heterocycles. The number of aromatic nitrogens is 1. The summed E-state index contributed by atoms with van der Waals surface area (Å²) in [5.74, 6) is -3.28. The van der Waals surface area contributed by atoms with E-state index in [1.54, 1.807) is 43.3 Å². The number of ketones is 1. The van der Waals surface area contributed by atoms with E-state index < -0.39 is 36.0 Å². The van der Waals surface area contributed by atoms with Crippen LogP contribution in [0.2, 0.25) is 0 Å². The first-order valence-corrected chi connectivity index (χ1v) is 15.7. The minimum atomic E-state index is -5.25. The van der Waals surface area contributed by atoms with Crippen LogP contribution >= 0.6 is 7.14 Å². The number of rotatable bonds is 11. The number of pyridine rings is 1. The standard InChI is InChI=1S/C17H12F3NO3.C12H27OP.Eu.H2O/c1-2-21-11-8-7-9-5-3-4-6-10(9)12(11)14(22)13(16(21)24)15(23)17(18,19)20;1-4-7-10-14(13,11-8-5-2)12-9-6-3;;/h3-8,22H,2H2,1H3;4-12H2,1-3H3;;1H2. The normalized spacial score (nSPS) is 11.4. The minimum Gasteiger partial charge on any atom is -0.506 e. The fourth-order valence-electron chi connectivity index (χ4n) is 4.54. The molecule has 1 radical (unpaired) electrons. The molecule has 2 aromatic carbocycles. The van der Waals surface area contributed by atoms with Crippen LogP contribution in [0.15, 0.2) is 41.2 Å². The largest absolute Gasteiger partial charge is 0.506 e. The SMILES string of the molecule is CCCCP(=O)(CCCC)CCCC.CCn1c(=O)c(C(=O)C(F)(F)F)c(O)c2c3ccccc3ccc21.O.[Eu]. The number of nitrogens with zero attached hydrogens (tertiary/aromatic N) is 1. The van der Waals surface area contributed by atoms with Gasteiger partial charge in [0.15, 0.2) is 0 Å². The molecule has 0 atom stereocenters. The first-order chi connectivity index (χ1) is 18.0. The fraction of sp³-hybridized carbons (Fsp3) is 0.517. The quantitative estimate of drug-likeness (QED) is 0.125. The Hall–Kier alpha value is -1.06. The molecule has 0 spiro atoms. The Morgan fingerprint density at radius 2 is 1.40 bits per heavy atom. The number of halogens is 3. The van der Waals surface area contributed by atoms with Crippen LogP contribution in [0.25, 0.3) is 21.7 Å². The summed E-state index contributed by atoms with van der Waals surface area (Å²) in [6.07, 6.45) is 4.78. The van der Waals surface area contributed by atoms with Gasteiger partial charge in [0.05, 0.1) is 12.7 Å². The zero-order valence-electron chi connectivity index (χ0n) is 23.6. The van der Waals surface area contributed by atoms with Crippen LogP contribution in [0.3, 0.4) is 0 Å². The summed E-state index contributed by atoms with van der Waals surface area (Å²) < 4.78 is 52.1. The van der Waals surface area contributed by atoms with Crippen molar-refractivity contribution in [2.24, 2.45) is 0 Å². The molecule has 6 nitrogen and oxygen atoms in total. The van der Waals surface area contributed by atoms with Crippen molar-refractivity contribution in [3.05, 3.63) is 52.3 Å². The molecule has 1 heterocycles. The van der Waals surface area contributed by atoms with Crippen molar-refractivity contribution in [1.82, 2.24) is 4.57 Å². The number of Topliss-reactive ketones (excluding diaryl/α,β-unsaturated/α-hetero) is 1. The number of aromatic hydroxyl groups is 1. The van der Waals surface area contributed by atoms with Crippen LogP contribution in [-0.4, -0.2) is 45.6 Å². The van der Waals surface area contributed by atoms with E-state index in [1.807, 2.05) is 0 Å². The monoisotopic (exact) mass is 724 g/mol. The molecule has 225 valence electrons. The number of carbonyl (C=O) groups is 1. The Morgan fingerprint density at radius 1 is 0.900 bits per heavy atom. The molecular formula is C29H41EuF3NO5P. The Balaban J connectivity index is 0.000000829. The van der Waals surface area contributed by atoms with Crippen LogP contribution in [-0.2, 0) is 11.1 Å². The van der Waals surface area contributed by atoms with E-state index in [0.29, 0.717) is 10.8 Å². The van der Waals surface area contributed by atoms with E-state index in [0.717, 1.165) is 42.3 Å². The van der Waals surface area contributed by atoms with Gasteiger partial charge in [0.1, 0.15) is 11.3 Å². The number of carbonyl (C=O) groups excluding carboxylic acids is 1. The van der Waals surface area contributed by atoms with Gasteiger partial charge in [-0.05, 0) is 43.0 Å². The van der Waals surface area contributed by atoms with Crippen LogP contribution in [0, 0.1) is 49.4 Å². The van der Waals surface area contributed by atoms with Gasteiger partial charge in [-0.1, -0.05) is 70.4 Å². The van der Waals surface area contributed by atoms with E-state index in [-0.39, 0.29) is 72.3 Å². The smallest absolute Gasteiger partial charge is 0.455 e. The molecule has 0 unspecified atom stereocenters. The Bertz CT molecular complexity index is 1330. The second-order valence-corrected chi connectivity index (χ2v) is 13.0. The maximum absolute atomic E-state index is 12.8. The molecule has 3 aromatic rings. The molecule has 11 heteroatoms. The molecule has 0 bridgehead atoms. The number of aryl methyl sites for hydroxylation is 1. The van der Waals surface area contributed by atoms with Crippen molar-refractivity contribution in [3.8, 4) is 5.75 Å². The molecule has 1 aromatic heterocycles. The summed E-state index contributed by atoms with van der Waals surface area (Å²) in [5.41, 5.74) is -2.12. The molecule has 0 fully saturated rings. The average Bonchev–Trinajstić information content (AvgIpc) is 2.89. The van der Waals surface area contributed by atoms with Crippen molar-refractivity contribution in [2.75, 3.05) is 18.5 Å². The number of benzene rings is 2. The molecule has 0 saturated heterocycles. The summed E-state index contributed by atoms with van der Waals surface area (Å²) in [5, 5.41) is 11.5. The summed E-state index contributed by atoms with van der Waals surface area (Å²) >= 11 is 0. The molecular weight excluding hydrogens is 682 g/mol. The number of fused-ring (bicyclic) bond motifs is 3. The Morgan fingerprint density at radius 3 is 1.85 bits per heavy atom. The van der Waals surface area contributed by atoms with Crippen molar-refractivity contribution in [1.29, 1.82) is 0 Å². The van der Waals surface area contributed by atoms with Crippen LogP contribution in [0.4, 0.5) is 13.2 Å². The van der Waals surface area contributed by atoms with Gasteiger partial charge in [0.2, 0.25) is 0 Å².